The first kappa shape index (κ1) is 15.6. The molecule has 0 unspecified atom stereocenters. The number of fused-ring (bicyclic) bond motifs is 1. The van der Waals surface area contributed by atoms with E-state index in [0.717, 1.165) is 23.9 Å². The van der Waals surface area contributed by atoms with E-state index in [9.17, 15) is 0 Å². The lowest BCUT2D eigenvalue weighted by atomic mass is 9.49. The molecule has 3 aliphatic rings. The van der Waals surface area contributed by atoms with E-state index in [1.54, 1.807) is 5.57 Å². The maximum atomic E-state index is 5.82. The van der Waals surface area contributed by atoms with E-state index < -0.39 is 0 Å². The topological polar surface area (TPSA) is 42.2 Å². The molecule has 1 aromatic carbocycles. The van der Waals surface area contributed by atoms with Crippen LogP contribution in [0, 0.1) is 17.3 Å². The van der Waals surface area contributed by atoms with Crippen molar-refractivity contribution >= 4 is 0 Å². The van der Waals surface area contributed by atoms with Crippen molar-refractivity contribution < 1.29 is 4.42 Å². The first-order valence-electron chi connectivity index (χ1n) is 8.79. The molecule has 1 fully saturated rings. The number of allylic oxidation sites excluding steroid dienone is 1. The van der Waals surface area contributed by atoms with E-state index in [-0.39, 0.29) is 0 Å². The van der Waals surface area contributed by atoms with E-state index in [4.69, 9.17) is 4.42 Å². The molecule has 126 valence electrons. The Labute approximate surface area is 143 Å². The van der Waals surface area contributed by atoms with Crippen LogP contribution in [0.2, 0.25) is 0 Å². The zero-order chi connectivity index (χ0) is 16.7. The minimum Gasteiger partial charge on any atom is -0.419 e. The van der Waals surface area contributed by atoms with Gasteiger partial charge in [-0.3, -0.25) is 4.90 Å². The highest BCUT2D eigenvalue weighted by atomic mass is 16.4. The standard InChI is InChI=1S/C20H25N3O/c1-20(2)16-10-9-15(17(20)11-16)12-23(3)13-18-21-22-19(24-18)14-7-5-4-6-8-14/h4-9,16-17H,10-13H2,1-3H3/t16-,17-/m0/s1. The quantitative estimate of drug-likeness (QED) is 0.775. The number of rotatable bonds is 5. The van der Waals surface area contributed by atoms with Gasteiger partial charge in [-0.1, -0.05) is 43.7 Å². The summed E-state index contributed by atoms with van der Waals surface area (Å²) in [5.74, 6) is 2.92. The number of hydrogen-bond donors (Lipinski definition) is 0. The highest BCUT2D eigenvalue weighted by Gasteiger charge is 2.50. The Morgan fingerprint density at radius 1 is 1.17 bits per heavy atom. The summed E-state index contributed by atoms with van der Waals surface area (Å²) < 4.78 is 5.82. The second-order valence-electron chi connectivity index (χ2n) is 7.86. The van der Waals surface area contributed by atoms with Gasteiger partial charge in [0.2, 0.25) is 11.8 Å². The Kier molecular flexibility index (Phi) is 3.80. The van der Waals surface area contributed by atoms with Gasteiger partial charge in [-0.25, -0.2) is 0 Å². The Hall–Kier alpha value is -1.94. The number of benzene rings is 1. The first-order chi connectivity index (χ1) is 11.5. The highest BCUT2D eigenvalue weighted by Crippen LogP contribution is 2.59. The van der Waals surface area contributed by atoms with Crippen LogP contribution in [-0.4, -0.2) is 28.7 Å². The van der Waals surface area contributed by atoms with Crippen molar-refractivity contribution in [3.63, 3.8) is 0 Å². The number of likely N-dealkylation sites (N-methyl/N-ethyl adjacent to an activating group) is 1. The van der Waals surface area contributed by atoms with Gasteiger partial charge in [-0.2, -0.15) is 0 Å². The van der Waals surface area contributed by atoms with Crippen molar-refractivity contribution in [2.45, 2.75) is 33.2 Å². The normalized spacial score (nSPS) is 24.6. The molecule has 5 rings (SSSR count). The molecule has 0 aliphatic heterocycles. The molecule has 3 aliphatic carbocycles. The van der Waals surface area contributed by atoms with E-state index in [2.05, 4.69) is 42.1 Å². The number of aromatic nitrogens is 2. The van der Waals surface area contributed by atoms with Crippen molar-refractivity contribution in [2.75, 3.05) is 13.6 Å². The largest absolute Gasteiger partial charge is 0.419 e. The van der Waals surface area contributed by atoms with Crippen molar-refractivity contribution in [3.8, 4) is 11.5 Å². The fraction of sp³-hybridized carbons (Fsp3) is 0.500. The fourth-order valence-corrected chi connectivity index (χ4v) is 4.27. The van der Waals surface area contributed by atoms with Crippen LogP contribution in [0.4, 0.5) is 0 Å². The zero-order valence-corrected chi connectivity index (χ0v) is 14.7. The van der Waals surface area contributed by atoms with Gasteiger partial charge in [0.05, 0.1) is 6.54 Å². The van der Waals surface area contributed by atoms with E-state index in [1.807, 2.05) is 30.3 Å². The van der Waals surface area contributed by atoms with Gasteiger partial charge in [-0.05, 0) is 49.3 Å². The van der Waals surface area contributed by atoms with Crippen molar-refractivity contribution in [1.29, 1.82) is 0 Å². The van der Waals surface area contributed by atoms with Crippen molar-refractivity contribution in [3.05, 3.63) is 47.9 Å². The molecule has 4 nitrogen and oxygen atoms in total. The monoisotopic (exact) mass is 323 g/mol. The van der Waals surface area contributed by atoms with Gasteiger partial charge in [0.15, 0.2) is 0 Å². The second kappa shape index (κ2) is 5.85. The molecule has 0 radical (unpaired) electrons. The van der Waals surface area contributed by atoms with Gasteiger partial charge in [0.1, 0.15) is 0 Å². The summed E-state index contributed by atoms with van der Waals surface area (Å²) in [7, 11) is 2.13. The predicted molar refractivity (Wildman–Crippen MR) is 94.1 cm³/mol. The van der Waals surface area contributed by atoms with Crippen LogP contribution < -0.4 is 0 Å². The first-order valence-corrected chi connectivity index (χ1v) is 8.79. The summed E-state index contributed by atoms with van der Waals surface area (Å²) in [4.78, 5) is 2.28. The van der Waals surface area contributed by atoms with Gasteiger partial charge >= 0.3 is 0 Å². The minimum atomic E-state index is 0.482. The van der Waals surface area contributed by atoms with Crippen LogP contribution in [0.25, 0.3) is 11.5 Å². The second-order valence-corrected chi connectivity index (χ2v) is 7.86. The Balaban J connectivity index is 1.40. The van der Waals surface area contributed by atoms with Gasteiger partial charge < -0.3 is 4.42 Å². The summed E-state index contributed by atoms with van der Waals surface area (Å²) in [6, 6.07) is 9.92. The third-order valence-electron chi connectivity index (χ3n) is 5.93. The molecule has 0 N–H and O–H groups in total. The molecule has 4 heteroatoms. The summed E-state index contributed by atoms with van der Waals surface area (Å²) >= 11 is 0. The molecular formula is C20H25N3O. The SMILES string of the molecule is CN(CC1=CC[C@H]2C[C@@H]1C2(C)C)Cc1nnc(-c2ccccc2)o1. The molecular weight excluding hydrogens is 298 g/mol. The van der Waals surface area contributed by atoms with Gasteiger partial charge in [0, 0.05) is 12.1 Å². The predicted octanol–water partition coefficient (Wildman–Crippen LogP) is 4.16. The molecule has 0 spiro atoms. The Morgan fingerprint density at radius 3 is 2.67 bits per heavy atom. The van der Waals surface area contributed by atoms with Crippen LogP contribution in [0.3, 0.4) is 0 Å². The van der Waals surface area contributed by atoms with Crippen molar-refractivity contribution in [2.24, 2.45) is 17.3 Å². The molecule has 1 heterocycles. The molecule has 2 atom stereocenters. The number of hydrogen-bond acceptors (Lipinski definition) is 4. The van der Waals surface area contributed by atoms with Crippen molar-refractivity contribution in [1.82, 2.24) is 15.1 Å². The fourth-order valence-electron chi connectivity index (χ4n) is 4.27. The molecule has 1 aromatic heterocycles. The Morgan fingerprint density at radius 2 is 1.96 bits per heavy atom. The molecule has 24 heavy (non-hydrogen) atoms. The molecule has 0 saturated heterocycles. The highest BCUT2D eigenvalue weighted by molar-refractivity contribution is 5.51. The third-order valence-corrected chi connectivity index (χ3v) is 5.93. The summed E-state index contributed by atoms with van der Waals surface area (Å²) in [5, 5.41) is 8.38. The van der Waals surface area contributed by atoms with Crippen LogP contribution in [0.5, 0.6) is 0 Å². The summed E-state index contributed by atoms with van der Waals surface area (Å²) in [6.07, 6.45) is 5.07. The van der Waals surface area contributed by atoms with Gasteiger partial charge in [-0.15, -0.1) is 10.2 Å². The van der Waals surface area contributed by atoms with Gasteiger partial charge in [0.25, 0.3) is 0 Å². The molecule has 2 aromatic rings. The minimum absolute atomic E-state index is 0.482. The lowest BCUT2D eigenvalue weighted by Crippen LogP contribution is -2.49. The lowest BCUT2D eigenvalue weighted by molar-refractivity contribution is -0.0103. The maximum absolute atomic E-state index is 5.82. The average molecular weight is 323 g/mol. The van der Waals surface area contributed by atoms with Crippen LogP contribution in [0.1, 0.15) is 32.6 Å². The van der Waals surface area contributed by atoms with Crippen LogP contribution in [0.15, 0.2) is 46.4 Å². The summed E-state index contributed by atoms with van der Waals surface area (Å²) in [6.45, 7) is 6.52. The van der Waals surface area contributed by atoms with Crippen LogP contribution >= 0.6 is 0 Å². The van der Waals surface area contributed by atoms with E-state index in [1.165, 1.54) is 12.8 Å². The smallest absolute Gasteiger partial charge is 0.247 e. The average Bonchev–Trinajstić information content (AvgIpc) is 3.04. The van der Waals surface area contributed by atoms with E-state index in [0.29, 0.717) is 23.7 Å². The molecule has 1 saturated carbocycles. The lowest BCUT2D eigenvalue weighted by Gasteiger charge is -2.56. The van der Waals surface area contributed by atoms with E-state index >= 15 is 0 Å². The summed E-state index contributed by atoms with van der Waals surface area (Å²) in [5.41, 5.74) is 3.04. The van der Waals surface area contributed by atoms with Crippen LogP contribution in [-0.2, 0) is 6.54 Å². The molecule has 0 amide bonds. The number of nitrogens with zero attached hydrogens (tertiary/aromatic N) is 3. The maximum Gasteiger partial charge on any atom is 0.247 e. The Bertz CT molecular complexity index is 747. The molecule has 2 bridgehead atoms. The zero-order valence-electron chi connectivity index (χ0n) is 14.7. The third kappa shape index (κ3) is 2.69.